The summed E-state index contributed by atoms with van der Waals surface area (Å²) in [5, 5.41) is 5.19. The lowest BCUT2D eigenvalue weighted by molar-refractivity contribution is 0.102. The lowest BCUT2D eigenvalue weighted by Crippen LogP contribution is -2.11. The maximum atomic E-state index is 12.4. The zero-order valence-electron chi connectivity index (χ0n) is 11.4. The van der Waals surface area contributed by atoms with Crippen LogP contribution in [0.5, 0.6) is 0 Å². The van der Waals surface area contributed by atoms with Crippen LogP contribution < -0.4 is 5.32 Å². The Morgan fingerprint density at radius 2 is 2.23 bits per heavy atom. The minimum Gasteiger partial charge on any atom is -0.463 e. The molecule has 1 aliphatic rings. The van der Waals surface area contributed by atoms with Gasteiger partial charge in [-0.15, -0.1) is 11.3 Å². The van der Waals surface area contributed by atoms with Gasteiger partial charge in [0, 0.05) is 18.0 Å². The minimum atomic E-state index is -0.198. The summed E-state index contributed by atoms with van der Waals surface area (Å²) in [6, 6.07) is 9.33. The van der Waals surface area contributed by atoms with Crippen LogP contribution >= 0.6 is 11.3 Å². The van der Waals surface area contributed by atoms with Gasteiger partial charge in [0.2, 0.25) is 0 Å². The zero-order chi connectivity index (χ0) is 14.9. The second-order valence-corrected chi connectivity index (χ2v) is 5.71. The third-order valence-electron chi connectivity index (χ3n) is 3.43. The Bertz CT molecular complexity index is 852. The van der Waals surface area contributed by atoms with Gasteiger partial charge in [-0.25, -0.2) is 9.98 Å². The molecule has 3 aromatic rings. The van der Waals surface area contributed by atoms with Gasteiger partial charge < -0.3 is 4.42 Å². The van der Waals surface area contributed by atoms with Crippen molar-refractivity contribution in [2.24, 2.45) is 4.99 Å². The number of hydrogen-bond donors (Lipinski definition) is 1. The lowest BCUT2D eigenvalue weighted by atomic mass is 10.0. The van der Waals surface area contributed by atoms with Gasteiger partial charge in [0.1, 0.15) is 5.76 Å². The van der Waals surface area contributed by atoms with E-state index in [1.165, 1.54) is 11.3 Å². The Morgan fingerprint density at radius 3 is 3.00 bits per heavy atom. The number of rotatable bonds is 3. The molecular weight excluding hydrogens is 298 g/mol. The van der Waals surface area contributed by atoms with Crippen LogP contribution in [0.4, 0.5) is 10.8 Å². The topological polar surface area (TPSA) is 67.5 Å². The van der Waals surface area contributed by atoms with Crippen LogP contribution in [-0.2, 0) is 6.42 Å². The maximum absolute atomic E-state index is 12.4. The van der Waals surface area contributed by atoms with Crippen molar-refractivity contribution in [3.05, 3.63) is 65.1 Å². The molecule has 3 heterocycles. The molecule has 0 atom stereocenters. The Morgan fingerprint density at radius 1 is 1.27 bits per heavy atom. The van der Waals surface area contributed by atoms with Gasteiger partial charge in [-0.2, -0.15) is 0 Å². The smallest absolute Gasteiger partial charge is 0.259 e. The summed E-state index contributed by atoms with van der Waals surface area (Å²) in [6.07, 6.45) is 3.95. The summed E-state index contributed by atoms with van der Waals surface area (Å²) in [6.45, 7) is 0. The van der Waals surface area contributed by atoms with Gasteiger partial charge in [0.25, 0.3) is 5.91 Å². The number of aromatic nitrogens is 1. The second kappa shape index (κ2) is 5.23. The van der Waals surface area contributed by atoms with Crippen LogP contribution in [0, 0.1) is 0 Å². The van der Waals surface area contributed by atoms with Gasteiger partial charge in [0.05, 0.1) is 23.2 Å². The van der Waals surface area contributed by atoms with E-state index in [2.05, 4.69) is 15.3 Å². The number of thiazole rings is 1. The first-order valence-corrected chi connectivity index (χ1v) is 7.63. The van der Waals surface area contributed by atoms with Crippen molar-refractivity contribution in [3.8, 4) is 0 Å². The first-order valence-electron chi connectivity index (χ1n) is 6.75. The molecule has 2 aromatic heterocycles. The number of benzene rings is 1. The predicted octanol–water partition coefficient (Wildman–Crippen LogP) is 3.67. The SMILES string of the molecule is O=C(Nc1nccs1)c1cccc2c1N=C(c1ccco1)C2. The quantitative estimate of drug-likeness (QED) is 0.802. The molecule has 1 aliphatic heterocycles. The first kappa shape index (κ1) is 13.0. The molecule has 0 radical (unpaired) electrons. The molecule has 0 spiro atoms. The normalized spacial score (nSPS) is 12.8. The van der Waals surface area contributed by atoms with Gasteiger partial charge >= 0.3 is 0 Å². The van der Waals surface area contributed by atoms with E-state index in [0.717, 1.165) is 17.0 Å². The Balaban J connectivity index is 1.68. The van der Waals surface area contributed by atoms with E-state index in [1.54, 1.807) is 18.5 Å². The number of nitrogens with zero attached hydrogens (tertiary/aromatic N) is 2. The number of amides is 1. The van der Waals surface area contributed by atoms with E-state index in [4.69, 9.17) is 4.42 Å². The molecule has 0 aliphatic carbocycles. The summed E-state index contributed by atoms with van der Waals surface area (Å²) in [5.74, 6) is 0.540. The number of hydrogen-bond acceptors (Lipinski definition) is 5. The van der Waals surface area contributed by atoms with Crippen molar-refractivity contribution < 1.29 is 9.21 Å². The Kier molecular flexibility index (Phi) is 3.08. The average molecular weight is 309 g/mol. The van der Waals surface area contributed by atoms with E-state index < -0.39 is 0 Å². The molecule has 0 saturated carbocycles. The maximum Gasteiger partial charge on any atom is 0.259 e. The molecule has 5 nitrogen and oxygen atoms in total. The highest BCUT2D eigenvalue weighted by Gasteiger charge is 2.23. The molecule has 0 bridgehead atoms. The van der Waals surface area contributed by atoms with Crippen molar-refractivity contribution in [2.45, 2.75) is 6.42 Å². The fourth-order valence-electron chi connectivity index (χ4n) is 2.44. The van der Waals surface area contributed by atoms with Crippen LogP contribution in [0.25, 0.3) is 0 Å². The fourth-order valence-corrected chi connectivity index (χ4v) is 2.96. The second-order valence-electron chi connectivity index (χ2n) is 4.82. The van der Waals surface area contributed by atoms with Crippen molar-refractivity contribution >= 4 is 33.8 Å². The number of anilines is 1. The van der Waals surface area contributed by atoms with Gasteiger partial charge in [-0.05, 0) is 23.8 Å². The van der Waals surface area contributed by atoms with Crippen molar-refractivity contribution in [3.63, 3.8) is 0 Å². The van der Waals surface area contributed by atoms with Crippen LogP contribution in [0.15, 0.2) is 57.6 Å². The summed E-state index contributed by atoms with van der Waals surface area (Å²) < 4.78 is 5.39. The van der Waals surface area contributed by atoms with Gasteiger partial charge in [0.15, 0.2) is 5.13 Å². The van der Waals surface area contributed by atoms with Crippen LogP contribution in [-0.4, -0.2) is 16.6 Å². The number of aliphatic imine (C=N–C) groups is 1. The molecule has 4 rings (SSSR count). The van der Waals surface area contributed by atoms with E-state index in [-0.39, 0.29) is 5.91 Å². The number of carbonyl (C=O) groups is 1. The van der Waals surface area contributed by atoms with E-state index >= 15 is 0 Å². The lowest BCUT2D eigenvalue weighted by Gasteiger charge is -2.05. The highest BCUT2D eigenvalue weighted by Crippen LogP contribution is 2.33. The molecular formula is C16H11N3O2S. The first-order chi connectivity index (χ1) is 10.8. The highest BCUT2D eigenvalue weighted by atomic mass is 32.1. The fraction of sp³-hybridized carbons (Fsp3) is 0.0625. The summed E-state index contributed by atoms with van der Waals surface area (Å²) >= 11 is 1.38. The van der Waals surface area contributed by atoms with E-state index in [9.17, 15) is 4.79 Å². The van der Waals surface area contributed by atoms with E-state index in [0.29, 0.717) is 22.8 Å². The molecule has 108 valence electrons. The summed E-state index contributed by atoms with van der Waals surface area (Å²) in [5.41, 5.74) is 3.13. The number of fused-ring (bicyclic) bond motifs is 1. The molecule has 1 N–H and O–H groups in total. The number of carbonyl (C=O) groups excluding carboxylic acids is 1. The summed E-state index contributed by atoms with van der Waals surface area (Å²) in [4.78, 5) is 21.1. The molecule has 0 saturated heterocycles. The largest absolute Gasteiger partial charge is 0.463 e. The molecule has 6 heteroatoms. The zero-order valence-corrected chi connectivity index (χ0v) is 12.3. The molecule has 0 fully saturated rings. The van der Waals surface area contributed by atoms with E-state index in [1.807, 2.05) is 29.6 Å². The summed E-state index contributed by atoms with van der Waals surface area (Å²) in [7, 11) is 0. The Hall–Kier alpha value is -2.73. The van der Waals surface area contributed by atoms with Crippen molar-refractivity contribution in [2.75, 3.05) is 5.32 Å². The molecule has 1 aromatic carbocycles. The van der Waals surface area contributed by atoms with Gasteiger partial charge in [-0.3, -0.25) is 10.1 Å². The standard InChI is InChI=1S/C16H11N3O2S/c20-15(19-16-17-6-8-22-16)11-4-1-3-10-9-12(18-14(10)11)13-5-2-7-21-13/h1-8H,9H2,(H,17,19,20). The van der Waals surface area contributed by atoms with Crippen molar-refractivity contribution in [1.29, 1.82) is 0 Å². The number of nitrogens with one attached hydrogen (secondary N) is 1. The van der Waals surface area contributed by atoms with Crippen LogP contribution in [0.3, 0.4) is 0 Å². The van der Waals surface area contributed by atoms with Gasteiger partial charge in [-0.1, -0.05) is 12.1 Å². The molecule has 0 unspecified atom stereocenters. The Labute approximate surface area is 130 Å². The highest BCUT2D eigenvalue weighted by molar-refractivity contribution is 7.13. The molecule has 22 heavy (non-hydrogen) atoms. The van der Waals surface area contributed by atoms with Crippen LogP contribution in [0.2, 0.25) is 0 Å². The third-order valence-corrected chi connectivity index (χ3v) is 4.12. The van der Waals surface area contributed by atoms with Crippen molar-refractivity contribution in [1.82, 2.24) is 4.98 Å². The van der Waals surface area contributed by atoms with Crippen LogP contribution in [0.1, 0.15) is 21.7 Å². The molecule has 1 amide bonds. The third kappa shape index (κ3) is 2.23. The number of furan rings is 1. The monoisotopic (exact) mass is 309 g/mol. The average Bonchev–Trinajstić information content (AvgIpc) is 3.26. The number of para-hydroxylation sites is 1. The predicted molar refractivity (Wildman–Crippen MR) is 85.1 cm³/mol. The minimum absolute atomic E-state index is 0.198.